The van der Waals surface area contributed by atoms with E-state index in [1.807, 2.05) is 13.8 Å². The van der Waals surface area contributed by atoms with Gasteiger partial charge in [0.15, 0.2) is 0 Å². The lowest BCUT2D eigenvalue weighted by Gasteiger charge is -1.95. The molecule has 11 heavy (non-hydrogen) atoms. The van der Waals surface area contributed by atoms with E-state index in [4.69, 9.17) is 0 Å². The first-order valence-electron chi connectivity index (χ1n) is 3.17. The van der Waals surface area contributed by atoms with E-state index >= 15 is 0 Å². The Bertz CT molecular complexity index is 267. The van der Waals surface area contributed by atoms with Gasteiger partial charge in [-0.3, -0.25) is 0 Å². The third-order valence-corrected chi connectivity index (χ3v) is 1.19. The summed E-state index contributed by atoms with van der Waals surface area (Å²) in [6.07, 6.45) is 1.35. The summed E-state index contributed by atoms with van der Waals surface area (Å²) in [5.74, 6) is -0.348. The van der Waals surface area contributed by atoms with Crippen LogP contribution in [0.25, 0.3) is 0 Å². The van der Waals surface area contributed by atoms with Gasteiger partial charge < -0.3 is 10.1 Å². The molecule has 6 nitrogen and oxygen atoms in total. The molecule has 60 valence electrons. The Morgan fingerprint density at radius 3 is 2.64 bits per heavy atom. The molecule has 0 spiro atoms. The maximum absolute atomic E-state index is 10.1. The van der Waals surface area contributed by atoms with E-state index in [0.717, 1.165) is 0 Å². The largest absolute Gasteiger partial charge is 0.490 e. The summed E-state index contributed by atoms with van der Waals surface area (Å²) in [5.41, 5.74) is 0. The fourth-order valence-corrected chi connectivity index (χ4v) is 0.598. The van der Waals surface area contributed by atoms with Gasteiger partial charge in [-0.05, 0) is 18.8 Å². The van der Waals surface area contributed by atoms with Gasteiger partial charge in [0.05, 0.1) is 6.04 Å². The van der Waals surface area contributed by atoms with Crippen molar-refractivity contribution in [3.63, 3.8) is 0 Å². The highest BCUT2D eigenvalue weighted by molar-refractivity contribution is 4.97. The SMILES string of the molecule is CC(C)n1cnc([N+](=O)[O-])n1. The van der Waals surface area contributed by atoms with E-state index in [9.17, 15) is 10.1 Å². The normalized spacial score (nSPS) is 10.5. The predicted octanol–water partition coefficient (Wildman–Crippen LogP) is 0.767. The minimum absolute atomic E-state index is 0.108. The van der Waals surface area contributed by atoms with Crippen LogP contribution in [0.4, 0.5) is 5.95 Å². The van der Waals surface area contributed by atoms with E-state index in [2.05, 4.69) is 10.1 Å². The topological polar surface area (TPSA) is 73.8 Å². The van der Waals surface area contributed by atoms with Gasteiger partial charge in [-0.15, -0.1) is 0 Å². The van der Waals surface area contributed by atoms with Crippen molar-refractivity contribution < 1.29 is 4.92 Å². The number of nitrogens with zero attached hydrogens (tertiary/aromatic N) is 4. The Morgan fingerprint density at radius 1 is 1.73 bits per heavy atom. The molecule has 0 fully saturated rings. The zero-order chi connectivity index (χ0) is 8.43. The number of hydrogen-bond donors (Lipinski definition) is 0. The van der Waals surface area contributed by atoms with Crippen LogP contribution in [0.3, 0.4) is 0 Å². The highest BCUT2D eigenvalue weighted by atomic mass is 16.6. The summed E-state index contributed by atoms with van der Waals surface area (Å²) in [4.78, 5) is 13.0. The Balaban J connectivity index is 2.90. The van der Waals surface area contributed by atoms with Gasteiger partial charge in [-0.2, -0.15) is 4.68 Å². The van der Waals surface area contributed by atoms with Gasteiger partial charge in [0.2, 0.25) is 6.33 Å². The summed E-state index contributed by atoms with van der Waals surface area (Å²) in [6, 6.07) is 0.108. The van der Waals surface area contributed by atoms with Crippen molar-refractivity contribution in [1.82, 2.24) is 14.8 Å². The van der Waals surface area contributed by atoms with E-state index in [-0.39, 0.29) is 12.0 Å². The summed E-state index contributed by atoms with van der Waals surface area (Å²) < 4.78 is 1.44. The van der Waals surface area contributed by atoms with Gasteiger partial charge in [-0.1, -0.05) is 4.98 Å². The van der Waals surface area contributed by atoms with Crippen molar-refractivity contribution in [2.45, 2.75) is 19.9 Å². The summed E-state index contributed by atoms with van der Waals surface area (Å²) in [5, 5.41) is 13.7. The maximum atomic E-state index is 10.1. The second kappa shape index (κ2) is 2.65. The van der Waals surface area contributed by atoms with E-state index in [1.165, 1.54) is 11.0 Å². The molecule has 0 atom stereocenters. The fourth-order valence-electron chi connectivity index (χ4n) is 0.598. The molecule has 0 aliphatic heterocycles. The van der Waals surface area contributed by atoms with Gasteiger partial charge in [-0.25, -0.2) is 0 Å². The third-order valence-electron chi connectivity index (χ3n) is 1.19. The van der Waals surface area contributed by atoms with Crippen molar-refractivity contribution in [1.29, 1.82) is 0 Å². The molecule has 1 aromatic rings. The van der Waals surface area contributed by atoms with E-state index in [0.29, 0.717) is 0 Å². The van der Waals surface area contributed by atoms with Crippen molar-refractivity contribution in [3.8, 4) is 0 Å². The predicted molar refractivity (Wildman–Crippen MR) is 37.1 cm³/mol. The number of rotatable bonds is 2. The van der Waals surface area contributed by atoms with Crippen LogP contribution in [-0.2, 0) is 0 Å². The lowest BCUT2D eigenvalue weighted by molar-refractivity contribution is -0.394. The zero-order valence-electron chi connectivity index (χ0n) is 6.26. The summed E-state index contributed by atoms with van der Waals surface area (Å²) in [7, 11) is 0. The molecule has 0 aromatic carbocycles. The minimum atomic E-state index is -0.612. The highest BCUT2D eigenvalue weighted by Gasteiger charge is 2.13. The van der Waals surface area contributed by atoms with Crippen molar-refractivity contribution in [3.05, 3.63) is 16.4 Å². The molecular formula is C5H8N4O2. The molecule has 0 N–H and O–H groups in total. The molecule has 0 amide bonds. The molecule has 0 saturated heterocycles. The van der Waals surface area contributed by atoms with Crippen LogP contribution in [0.1, 0.15) is 19.9 Å². The summed E-state index contributed by atoms with van der Waals surface area (Å²) >= 11 is 0. The zero-order valence-corrected chi connectivity index (χ0v) is 6.26. The second-order valence-corrected chi connectivity index (χ2v) is 2.38. The molecule has 1 aromatic heterocycles. The first-order valence-corrected chi connectivity index (χ1v) is 3.17. The average Bonchev–Trinajstić information content (AvgIpc) is 2.33. The molecule has 0 bridgehead atoms. The van der Waals surface area contributed by atoms with E-state index < -0.39 is 4.92 Å². The molecule has 0 aliphatic carbocycles. The van der Waals surface area contributed by atoms with E-state index in [1.54, 1.807) is 0 Å². The molecule has 1 heterocycles. The Morgan fingerprint density at radius 2 is 2.36 bits per heavy atom. The van der Waals surface area contributed by atoms with Crippen LogP contribution < -0.4 is 0 Å². The number of aromatic nitrogens is 3. The third kappa shape index (κ3) is 1.51. The van der Waals surface area contributed by atoms with Crippen LogP contribution in [0.15, 0.2) is 6.33 Å². The fraction of sp³-hybridized carbons (Fsp3) is 0.600. The minimum Gasteiger partial charge on any atom is -0.390 e. The van der Waals surface area contributed by atoms with Crippen LogP contribution in [-0.4, -0.2) is 19.7 Å². The summed E-state index contributed by atoms with van der Waals surface area (Å²) in [6.45, 7) is 3.75. The van der Waals surface area contributed by atoms with Gasteiger partial charge in [0, 0.05) is 5.10 Å². The number of hydrogen-bond acceptors (Lipinski definition) is 4. The Labute approximate surface area is 63.0 Å². The lowest BCUT2D eigenvalue weighted by Crippen LogP contribution is -2.01. The van der Waals surface area contributed by atoms with Crippen LogP contribution in [0.5, 0.6) is 0 Å². The number of nitro groups is 1. The Hall–Kier alpha value is -1.46. The van der Waals surface area contributed by atoms with Gasteiger partial charge in [0.1, 0.15) is 0 Å². The monoisotopic (exact) mass is 156 g/mol. The quantitative estimate of drug-likeness (QED) is 0.468. The lowest BCUT2D eigenvalue weighted by atomic mass is 10.4. The first-order chi connectivity index (χ1) is 5.11. The average molecular weight is 156 g/mol. The molecule has 1 rings (SSSR count). The standard InChI is InChI=1S/C5H8N4O2/c1-4(2)8-3-6-5(7-8)9(10)11/h3-4H,1-2H3. The molecule has 0 aliphatic rings. The van der Waals surface area contributed by atoms with Gasteiger partial charge in [0.25, 0.3) is 0 Å². The van der Waals surface area contributed by atoms with Crippen LogP contribution in [0.2, 0.25) is 0 Å². The Kier molecular flexibility index (Phi) is 1.84. The van der Waals surface area contributed by atoms with Crippen molar-refractivity contribution in [2.24, 2.45) is 0 Å². The maximum Gasteiger partial charge on any atom is 0.490 e. The van der Waals surface area contributed by atoms with Crippen molar-refractivity contribution in [2.75, 3.05) is 0 Å². The van der Waals surface area contributed by atoms with Gasteiger partial charge >= 0.3 is 5.95 Å². The molecule has 6 heteroatoms. The first kappa shape index (κ1) is 7.64. The molecule has 0 radical (unpaired) electrons. The molecule has 0 unspecified atom stereocenters. The molecule has 0 saturated carbocycles. The second-order valence-electron chi connectivity index (χ2n) is 2.38. The van der Waals surface area contributed by atoms with Crippen molar-refractivity contribution >= 4 is 5.95 Å². The smallest absolute Gasteiger partial charge is 0.390 e. The van der Waals surface area contributed by atoms with Crippen LogP contribution in [0, 0.1) is 10.1 Å². The van der Waals surface area contributed by atoms with Crippen LogP contribution >= 0.6 is 0 Å². The molecular weight excluding hydrogens is 148 g/mol. The highest BCUT2D eigenvalue weighted by Crippen LogP contribution is 2.05.